The number of hydrogen-bond acceptors (Lipinski definition) is 4. The van der Waals surface area contributed by atoms with Gasteiger partial charge in [-0.2, -0.15) is 4.98 Å². The van der Waals surface area contributed by atoms with Crippen molar-refractivity contribution < 1.29 is 9.26 Å². The van der Waals surface area contributed by atoms with Crippen molar-refractivity contribution in [2.24, 2.45) is 0 Å². The fourth-order valence-corrected chi connectivity index (χ4v) is 3.64. The maximum Gasteiger partial charge on any atom is 0.275 e. The van der Waals surface area contributed by atoms with Gasteiger partial charge in [-0.3, -0.25) is 0 Å². The van der Waals surface area contributed by atoms with E-state index in [4.69, 9.17) is 20.9 Å². The summed E-state index contributed by atoms with van der Waals surface area (Å²) in [6.45, 7) is 1.39. The summed E-state index contributed by atoms with van der Waals surface area (Å²) in [7, 11) is 0. The lowest BCUT2D eigenvalue weighted by atomic mass is 10.0. The van der Waals surface area contributed by atoms with E-state index in [2.05, 4.69) is 27.3 Å². The molecule has 2 aromatic heterocycles. The lowest BCUT2D eigenvalue weighted by Gasteiger charge is -2.02. The first kappa shape index (κ1) is 15.6. The van der Waals surface area contributed by atoms with Crippen molar-refractivity contribution in [3.05, 3.63) is 59.4 Å². The normalized spacial score (nSPS) is 17.2. The van der Waals surface area contributed by atoms with Gasteiger partial charge in [0.25, 0.3) is 5.89 Å². The summed E-state index contributed by atoms with van der Waals surface area (Å²) in [5.41, 5.74) is 3.87. The number of hydrogen-bond donors (Lipinski definition) is 1. The molecule has 26 heavy (non-hydrogen) atoms. The van der Waals surface area contributed by atoms with Gasteiger partial charge in [-0.05, 0) is 30.2 Å². The standard InChI is InChI=1S/C20H16ClN3O2/c21-14-6-7-16-15(10-14)17(12-4-2-1-3-5-12)18(22-16)20-23-19(24-26-20)13-8-9-25-11-13/h1-7,10,13,22H,8-9,11H2/t13-/m0/s1. The minimum Gasteiger partial charge on any atom is -0.381 e. The van der Waals surface area contributed by atoms with Crippen molar-refractivity contribution in [2.45, 2.75) is 12.3 Å². The lowest BCUT2D eigenvalue weighted by Crippen LogP contribution is -1.99. The highest BCUT2D eigenvalue weighted by Gasteiger charge is 2.25. The van der Waals surface area contributed by atoms with Gasteiger partial charge in [0.1, 0.15) is 5.69 Å². The van der Waals surface area contributed by atoms with Crippen LogP contribution in [-0.2, 0) is 4.74 Å². The molecule has 0 amide bonds. The highest BCUT2D eigenvalue weighted by Crippen LogP contribution is 2.39. The van der Waals surface area contributed by atoms with E-state index in [1.807, 2.05) is 36.4 Å². The minimum absolute atomic E-state index is 0.200. The maximum atomic E-state index is 6.24. The Labute approximate surface area is 154 Å². The highest BCUT2D eigenvalue weighted by molar-refractivity contribution is 6.31. The van der Waals surface area contributed by atoms with Crippen LogP contribution < -0.4 is 0 Å². The summed E-state index contributed by atoms with van der Waals surface area (Å²) < 4.78 is 11.0. The second-order valence-corrected chi connectivity index (χ2v) is 6.89. The molecule has 1 saturated heterocycles. The molecule has 6 heteroatoms. The highest BCUT2D eigenvalue weighted by atomic mass is 35.5. The summed E-state index contributed by atoms with van der Waals surface area (Å²) in [6, 6.07) is 15.9. The number of halogens is 1. The van der Waals surface area contributed by atoms with E-state index in [-0.39, 0.29) is 5.92 Å². The number of nitrogens with zero attached hydrogens (tertiary/aromatic N) is 2. The topological polar surface area (TPSA) is 63.9 Å². The van der Waals surface area contributed by atoms with Crippen LogP contribution in [0.4, 0.5) is 0 Å². The second kappa shape index (κ2) is 6.27. The van der Waals surface area contributed by atoms with E-state index in [9.17, 15) is 0 Å². The summed E-state index contributed by atoms with van der Waals surface area (Å²) in [4.78, 5) is 8.07. The molecule has 1 aliphatic heterocycles. The number of ether oxygens (including phenoxy) is 1. The van der Waals surface area contributed by atoms with Crippen LogP contribution in [0.5, 0.6) is 0 Å². The SMILES string of the molecule is Clc1ccc2[nH]c(-c3nc([C@H]4CCOC4)no3)c(-c3ccccc3)c2c1. The van der Waals surface area contributed by atoms with E-state index in [0.717, 1.165) is 40.8 Å². The number of nitrogens with one attached hydrogen (secondary N) is 1. The van der Waals surface area contributed by atoms with Crippen molar-refractivity contribution >= 4 is 22.5 Å². The van der Waals surface area contributed by atoms with Gasteiger partial charge in [0.15, 0.2) is 5.82 Å². The Morgan fingerprint density at radius 3 is 2.81 bits per heavy atom. The van der Waals surface area contributed by atoms with E-state index in [0.29, 0.717) is 23.3 Å². The fraction of sp³-hybridized carbons (Fsp3) is 0.200. The Morgan fingerprint density at radius 1 is 1.12 bits per heavy atom. The largest absolute Gasteiger partial charge is 0.381 e. The Balaban J connectivity index is 1.70. The third-order valence-electron chi connectivity index (χ3n) is 4.77. The molecular formula is C20H16ClN3O2. The number of aromatic amines is 1. The van der Waals surface area contributed by atoms with Crippen molar-refractivity contribution in [3.8, 4) is 22.7 Å². The first-order valence-electron chi connectivity index (χ1n) is 8.58. The van der Waals surface area contributed by atoms with Gasteiger partial charge in [-0.1, -0.05) is 47.1 Å². The molecule has 0 spiro atoms. The van der Waals surface area contributed by atoms with E-state index < -0.39 is 0 Å². The minimum atomic E-state index is 0.200. The maximum absolute atomic E-state index is 6.24. The Hall–Kier alpha value is -2.63. The first-order valence-corrected chi connectivity index (χ1v) is 8.96. The lowest BCUT2D eigenvalue weighted by molar-refractivity contribution is 0.192. The van der Waals surface area contributed by atoms with Crippen LogP contribution in [0.1, 0.15) is 18.2 Å². The van der Waals surface area contributed by atoms with Crippen molar-refractivity contribution in [1.29, 1.82) is 0 Å². The number of aromatic nitrogens is 3. The fourth-order valence-electron chi connectivity index (χ4n) is 3.47. The van der Waals surface area contributed by atoms with Crippen LogP contribution in [0.15, 0.2) is 53.1 Å². The molecule has 4 aromatic rings. The molecule has 2 aromatic carbocycles. The van der Waals surface area contributed by atoms with Crippen molar-refractivity contribution in [2.75, 3.05) is 13.2 Å². The second-order valence-electron chi connectivity index (χ2n) is 6.45. The third kappa shape index (κ3) is 2.60. The molecule has 1 aliphatic rings. The molecule has 0 saturated carbocycles. The van der Waals surface area contributed by atoms with Gasteiger partial charge < -0.3 is 14.2 Å². The van der Waals surface area contributed by atoms with E-state index in [1.165, 1.54) is 0 Å². The summed E-state index contributed by atoms with van der Waals surface area (Å²) in [6.07, 6.45) is 0.923. The average molecular weight is 366 g/mol. The number of benzene rings is 2. The smallest absolute Gasteiger partial charge is 0.275 e. The van der Waals surface area contributed by atoms with Crippen LogP contribution in [0.25, 0.3) is 33.6 Å². The molecule has 1 fully saturated rings. The molecule has 5 nitrogen and oxygen atoms in total. The number of H-pyrrole nitrogens is 1. The van der Waals surface area contributed by atoms with E-state index in [1.54, 1.807) is 0 Å². The number of rotatable bonds is 3. The van der Waals surface area contributed by atoms with Gasteiger partial charge in [-0.15, -0.1) is 0 Å². The molecule has 1 atom stereocenters. The van der Waals surface area contributed by atoms with Gasteiger partial charge in [0, 0.05) is 34.0 Å². The summed E-state index contributed by atoms with van der Waals surface area (Å²) in [5.74, 6) is 1.39. The van der Waals surface area contributed by atoms with E-state index >= 15 is 0 Å². The molecule has 3 heterocycles. The summed E-state index contributed by atoms with van der Waals surface area (Å²) in [5, 5.41) is 5.90. The zero-order valence-electron chi connectivity index (χ0n) is 13.9. The van der Waals surface area contributed by atoms with Gasteiger partial charge in [0.2, 0.25) is 0 Å². The van der Waals surface area contributed by atoms with Crippen LogP contribution in [0.3, 0.4) is 0 Å². The van der Waals surface area contributed by atoms with Crippen LogP contribution in [-0.4, -0.2) is 28.3 Å². The predicted molar refractivity (Wildman–Crippen MR) is 100 cm³/mol. The zero-order chi connectivity index (χ0) is 17.5. The third-order valence-corrected chi connectivity index (χ3v) is 5.01. The van der Waals surface area contributed by atoms with Gasteiger partial charge >= 0.3 is 0 Å². The molecule has 1 N–H and O–H groups in total. The molecular weight excluding hydrogens is 350 g/mol. The monoisotopic (exact) mass is 365 g/mol. The van der Waals surface area contributed by atoms with Gasteiger partial charge in [0.05, 0.1) is 6.61 Å². The van der Waals surface area contributed by atoms with Crippen LogP contribution in [0.2, 0.25) is 5.02 Å². The Bertz CT molecular complexity index is 1070. The Morgan fingerprint density at radius 2 is 2.00 bits per heavy atom. The quantitative estimate of drug-likeness (QED) is 0.552. The zero-order valence-corrected chi connectivity index (χ0v) is 14.7. The molecule has 0 bridgehead atoms. The Kier molecular flexibility index (Phi) is 3.76. The predicted octanol–water partition coefficient (Wildman–Crippen LogP) is 5.04. The molecule has 0 aliphatic carbocycles. The molecule has 0 unspecified atom stereocenters. The van der Waals surface area contributed by atoms with Crippen molar-refractivity contribution in [1.82, 2.24) is 15.1 Å². The van der Waals surface area contributed by atoms with Crippen molar-refractivity contribution in [3.63, 3.8) is 0 Å². The van der Waals surface area contributed by atoms with Gasteiger partial charge in [-0.25, -0.2) is 0 Å². The first-order chi connectivity index (χ1) is 12.8. The molecule has 5 rings (SSSR count). The molecule has 0 radical (unpaired) electrons. The molecule has 130 valence electrons. The number of fused-ring (bicyclic) bond motifs is 1. The van der Waals surface area contributed by atoms with Crippen LogP contribution >= 0.6 is 11.6 Å². The summed E-state index contributed by atoms with van der Waals surface area (Å²) >= 11 is 6.24. The average Bonchev–Trinajstić information content (AvgIpc) is 3.40. The van der Waals surface area contributed by atoms with Crippen LogP contribution in [0, 0.1) is 0 Å².